The van der Waals surface area contributed by atoms with Crippen LogP contribution in [0.4, 0.5) is 0 Å². The van der Waals surface area contributed by atoms with E-state index in [4.69, 9.17) is 20.5 Å². The van der Waals surface area contributed by atoms with E-state index in [1.807, 2.05) is 40.7 Å². The number of furan rings is 1. The van der Waals surface area contributed by atoms with Crippen LogP contribution in [0.15, 0.2) is 15.0 Å². The van der Waals surface area contributed by atoms with Crippen LogP contribution in [0.25, 0.3) is 0 Å². The highest BCUT2D eigenvalue weighted by Crippen LogP contribution is 2.29. The van der Waals surface area contributed by atoms with Gasteiger partial charge in [-0.1, -0.05) is 5.16 Å². The summed E-state index contributed by atoms with van der Waals surface area (Å²) in [6.45, 7) is 9.89. The van der Waals surface area contributed by atoms with E-state index in [0.717, 1.165) is 34.1 Å². The standard InChI is InChI=1S/C16H21ClN2O3/c1-9-6-14(12(4)21-9)11(3)19(16(20)7-17)8-15-10(2)18-22-13(15)5/h6,11H,7-8H2,1-5H3. The van der Waals surface area contributed by atoms with Crippen LogP contribution in [-0.4, -0.2) is 21.8 Å². The third-order valence-corrected chi connectivity index (χ3v) is 4.17. The molecule has 0 N–H and O–H groups in total. The van der Waals surface area contributed by atoms with Crippen molar-refractivity contribution in [2.24, 2.45) is 0 Å². The lowest BCUT2D eigenvalue weighted by atomic mass is 10.1. The highest BCUT2D eigenvalue weighted by atomic mass is 35.5. The van der Waals surface area contributed by atoms with Gasteiger partial charge in [-0.2, -0.15) is 0 Å². The summed E-state index contributed by atoms with van der Waals surface area (Å²) in [7, 11) is 0. The van der Waals surface area contributed by atoms with Gasteiger partial charge in [0.2, 0.25) is 5.91 Å². The van der Waals surface area contributed by atoms with Gasteiger partial charge in [0.05, 0.1) is 18.3 Å². The molecule has 0 saturated heterocycles. The second-order valence-corrected chi connectivity index (χ2v) is 5.77. The molecular formula is C16H21ClN2O3. The highest BCUT2D eigenvalue weighted by Gasteiger charge is 2.26. The van der Waals surface area contributed by atoms with E-state index >= 15 is 0 Å². The summed E-state index contributed by atoms with van der Waals surface area (Å²) in [6, 6.07) is 1.82. The number of aromatic nitrogens is 1. The Bertz CT molecular complexity index is 655. The van der Waals surface area contributed by atoms with Gasteiger partial charge in [-0.25, -0.2) is 0 Å². The first-order valence-electron chi connectivity index (χ1n) is 7.19. The van der Waals surface area contributed by atoms with Gasteiger partial charge in [0, 0.05) is 11.1 Å². The maximum absolute atomic E-state index is 12.3. The van der Waals surface area contributed by atoms with Crippen LogP contribution in [0.1, 0.15) is 47.1 Å². The zero-order valence-electron chi connectivity index (χ0n) is 13.6. The van der Waals surface area contributed by atoms with E-state index in [9.17, 15) is 4.79 Å². The molecule has 0 fully saturated rings. The lowest BCUT2D eigenvalue weighted by molar-refractivity contribution is -0.131. The molecule has 0 aliphatic heterocycles. The van der Waals surface area contributed by atoms with Crippen LogP contribution in [0, 0.1) is 27.7 Å². The monoisotopic (exact) mass is 324 g/mol. The van der Waals surface area contributed by atoms with Crippen molar-refractivity contribution in [3.8, 4) is 0 Å². The number of halogens is 1. The van der Waals surface area contributed by atoms with Crippen LogP contribution in [0.3, 0.4) is 0 Å². The smallest absolute Gasteiger partial charge is 0.238 e. The predicted octanol–water partition coefficient (Wildman–Crippen LogP) is 3.83. The van der Waals surface area contributed by atoms with E-state index in [-0.39, 0.29) is 17.8 Å². The Balaban J connectivity index is 2.34. The Hall–Kier alpha value is -1.75. The molecule has 2 aromatic rings. The molecule has 0 saturated carbocycles. The molecule has 0 spiro atoms. The predicted molar refractivity (Wildman–Crippen MR) is 83.8 cm³/mol. The van der Waals surface area contributed by atoms with E-state index in [2.05, 4.69) is 5.16 Å². The Morgan fingerprint density at radius 3 is 2.45 bits per heavy atom. The second-order valence-electron chi connectivity index (χ2n) is 5.50. The second kappa shape index (κ2) is 6.57. The molecule has 1 unspecified atom stereocenters. The molecule has 2 aromatic heterocycles. The topological polar surface area (TPSA) is 59.5 Å². The van der Waals surface area contributed by atoms with Crippen molar-refractivity contribution >= 4 is 17.5 Å². The molecule has 0 aromatic carbocycles. The van der Waals surface area contributed by atoms with Gasteiger partial charge >= 0.3 is 0 Å². The van der Waals surface area contributed by atoms with Crippen LogP contribution in [0.2, 0.25) is 0 Å². The van der Waals surface area contributed by atoms with E-state index in [1.165, 1.54) is 0 Å². The molecule has 0 radical (unpaired) electrons. The summed E-state index contributed by atoms with van der Waals surface area (Å²) in [5.41, 5.74) is 2.70. The Morgan fingerprint density at radius 2 is 2.00 bits per heavy atom. The molecule has 22 heavy (non-hydrogen) atoms. The lowest BCUT2D eigenvalue weighted by Gasteiger charge is -2.28. The van der Waals surface area contributed by atoms with Crippen molar-refractivity contribution in [3.63, 3.8) is 0 Å². The van der Waals surface area contributed by atoms with Crippen molar-refractivity contribution in [3.05, 3.63) is 40.2 Å². The molecule has 5 nitrogen and oxygen atoms in total. The van der Waals surface area contributed by atoms with Crippen molar-refractivity contribution in [2.75, 3.05) is 5.88 Å². The number of amides is 1. The minimum atomic E-state index is -0.141. The van der Waals surface area contributed by atoms with E-state index in [1.54, 1.807) is 4.90 Å². The summed E-state index contributed by atoms with van der Waals surface area (Å²) in [6.07, 6.45) is 0. The van der Waals surface area contributed by atoms with Gasteiger partial charge in [0.1, 0.15) is 23.2 Å². The molecule has 2 heterocycles. The van der Waals surface area contributed by atoms with Crippen LogP contribution in [0.5, 0.6) is 0 Å². The fourth-order valence-electron chi connectivity index (χ4n) is 2.65. The van der Waals surface area contributed by atoms with Gasteiger partial charge in [0.15, 0.2) is 0 Å². The average Bonchev–Trinajstić information content (AvgIpc) is 2.97. The molecule has 0 aliphatic carbocycles. The van der Waals surface area contributed by atoms with Gasteiger partial charge in [-0.3, -0.25) is 4.79 Å². The summed E-state index contributed by atoms with van der Waals surface area (Å²) in [5, 5.41) is 3.94. The van der Waals surface area contributed by atoms with Crippen molar-refractivity contribution in [1.29, 1.82) is 0 Å². The number of rotatable bonds is 5. The highest BCUT2D eigenvalue weighted by molar-refractivity contribution is 6.27. The number of hydrogen-bond donors (Lipinski definition) is 0. The first-order chi connectivity index (χ1) is 10.3. The van der Waals surface area contributed by atoms with Crippen LogP contribution < -0.4 is 0 Å². The summed E-state index contributed by atoms with van der Waals surface area (Å²) in [5.74, 6) is 2.17. The fraction of sp³-hybridized carbons (Fsp3) is 0.500. The molecule has 0 bridgehead atoms. The van der Waals surface area contributed by atoms with E-state index < -0.39 is 0 Å². The zero-order chi connectivity index (χ0) is 16.4. The van der Waals surface area contributed by atoms with Crippen molar-refractivity contribution in [2.45, 2.75) is 47.2 Å². The summed E-state index contributed by atoms with van der Waals surface area (Å²) >= 11 is 5.79. The number of aryl methyl sites for hydroxylation is 4. The quantitative estimate of drug-likeness (QED) is 0.784. The van der Waals surface area contributed by atoms with Crippen molar-refractivity contribution in [1.82, 2.24) is 10.1 Å². The largest absolute Gasteiger partial charge is 0.466 e. The number of carbonyl (C=O) groups is 1. The Morgan fingerprint density at radius 1 is 1.32 bits per heavy atom. The van der Waals surface area contributed by atoms with Crippen LogP contribution in [-0.2, 0) is 11.3 Å². The molecule has 1 amide bonds. The average molecular weight is 325 g/mol. The molecule has 120 valence electrons. The molecule has 2 rings (SSSR count). The first-order valence-corrected chi connectivity index (χ1v) is 7.72. The zero-order valence-corrected chi connectivity index (χ0v) is 14.3. The lowest BCUT2D eigenvalue weighted by Crippen LogP contribution is -2.34. The Labute approximate surface area is 135 Å². The van der Waals surface area contributed by atoms with Gasteiger partial charge in [-0.05, 0) is 40.7 Å². The number of alkyl halides is 1. The number of hydrogen-bond acceptors (Lipinski definition) is 4. The van der Waals surface area contributed by atoms with Crippen LogP contribution >= 0.6 is 11.6 Å². The maximum Gasteiger partial charge on any atom is 0.238 e. The van der Waals surface area contributed by atoms with Gasteiger partial charge in [0.25, 0.3) is 0 Å². The third kappa shape index (κ3) is 3.19. The number of nitrogens with zero attached hydrogens (tertiary/aromatic N) is 2. The molecular weight excluding hydrogens is 304 g/mol. The summed E-state index contributed by atoms with van der Waals surface area (Å²) < 4.78 is 10.8. The SMILES string of the molecule is Cc1cc(C(C)N(Cc2c(C)noc2C)C(=O)CCl)c(C)o1. The van der Waals surface area contributed by atoms with Gasteiger partial charge in [-0.15, -0.1) is 11.6 Å². The Kier molecular flexibility index (Phi) is 4.96. The minimum Gasteiger partial charge on any atom is -0.466 e. The van der Waals surface area contributed by atoms with E-state index in [0.29, 0.717) is 6.54 Å². The molecule has 1 atom stereocenters. The third-order valence-electron chi connectivity index (χ3n) is 3.94. The minimum absolute atomic E-state index is 0.0659. The maximum atomic E-state index is 12.3. The van der Waals surface area contributed by atoms with Gasteiger partial charge < -0.3 is 13.8 Å². The fourth-order valence-corrected chi connectivity index (χ4v) is 2.80. The summed E-state index contributed by atoms with van der Waals surface area (Å²) in [4.78, 5) is 14.0. The molecule has 0 aliphatic rings. The molecule has 6 heteroatoms. The van der Waals surface area contributed by atoms with Crippen molar-refractivity contribution < 1.29 is 13.7 Å². The first kappa shape index (κ1) is 16.6. The number of carbonyl (C=O) groups excluding carboxylic acids is 1. The normalized spacial score (nSPS) is 12.5.